The predicted molar refractivity (Wildman–Crippen MR) is 83.8 cm³/mol. The quantitative estimate of drug-likeness (QED) is 0.685. The van der Waals surface area contributed by atoms with Gasteiger partial charge in [-0.3, -0.25) is 0 Å². The standard InChI is InChI=1S/C17H27NO3/c1-2-14-5-3-6-17(11-14)21-13-15(19)12-18-9-8-16-7-4-10-20-16/h3,5-6,11,15-16,18-19H,2,4,7-10,12-13H2,1H3. The van der Waals surface area contributed by atoms with Gasteiger partial charge in [-0.25, -0.2) is 0 Å². The van der Waals surface area contributed by atoms with Crippen LogP contribution in [0.3, 0.4) is 0 Å². The minimum atomic E-state index is -0.486. The maximum absolute atomic E-state index is 9.91. The lowest BCUT2D eigenvalue weighted by molar-refractivity contribution is 0.0942. The molecule has 1 aromatic rings. The van der Waals surface area contributed by atoms with Crippen LogP contribution in [0.25, 0.3) is 0 Å². The van der Waals surface area contributed by atoms with Crippen LogP contribution in [-0.4, -0.2) is 43.6 Å². The van der Waals surface area contributed by atoms with Crippen LogP contribution in [0, 0.1) is 0 Å². The first-order chi connectivity index (χ1) is 10.3. The van der Waals surface area contributed by atoms with Crippen molar-refractivity contribution in [2.45, 2.75) is 44.8 Å². The van der Waals surface area contributed by atoms with Crippen LogP contribution in [-0.2, 0) is 11.2 Å². The van der Waals surface area contributed by atoms with E-state index in [2.05, 4.69) is 18.3 Å². The Morgan fingerprint density at radius 2 is 2.38 bits per heavy atom. The molecule has 1 saturated heterocycles. The van der Waals surface area contributed by atoms with Gasteiger partial charge in [0.05, 0.1) is 6.10 Å². The molecule has 1 aliphatic heterocycles. The fourth-order valence-electron chi connectivity index (χ4n) is 2.51. The van der Waals surface area contributed by atoms with E-state index in [4.69, 9.17) is 9.47 Å². The van der Waals surface area contributed by atoms with Crippen LogP contribution in [0.5, 0.6) is 5.75 Å². The molecular formula is C17H27NO3. The lowest BCUT2D eigenvalue weighted by Crippen LogP contribution is -2.33. The molecule has 2 rings (SSSR count). The van der Waals surface area contributed by atoms with Gasteiger partial charge in [0.1, 0.15) is 18.5 Å². The van der Waals surface area contributed by atoms with E-state index in [1.165, 1.54) is 18.4 Å². The van der Waals surface area contributed by atoms with Crippen molar-refractivity contribution < 1.29 is 14.6 Å². The van der Waals surface area contributed by atoms with E-state index in [0.717, 1.165) is 31.7 Å². The smallest absolute Gasteiger partial charge is 0.119 e. The molecule has 1 aromatic carbocycles. The van der Waals surface area contributed by atoms with Crippen LogP contribution >= 0.6 is 0 Å². The summed E-state index contributed by atoms with van der Waals surface area (Å²) >= 11 is 0. The first-order valence-corrected chi connectivity index (χ1v) is 8.00. The molecule has 21 heavy (non-hydrogen) atoms. The third-order valence-electron chi connectivity index (χ3n) is 3.80. The van der Waals surface area contributed by atoms with E-state index >= 15 is 0 Å². The number of benzene rings is 1. The van der Waals surface area contributed by atoms with E-state index in [1.54, 1.807) is 0 Å². The first-order valence-electron chi connectivity index (χ1n) is 8.00. The average Bonchev–Trinajstić information content (AvgIpc) is 3.03. The zero-order chi connectivity index (χ0) is 14.9. The first kappa shape index (κ1) is 16.3. The van der Waals surface area contributed by atoms with Crippen LogP contribution in [0.2, 0.25) is 0 Å². The van der Waals surface area contributed by atoms with E-state index in [0.29, 0.717) is 19.3 Å². The van der Waals surface area contributed by atoms with Crippen LogP contribution in [0.4, 0.5) is 0 Å². The minimum Gasteiger partial charge on any atom is -0.491 e. The number of hydrogen-bond acceptors (Lipinski definition) is 4. The summed E-state index contributed by atoms with van der Waals surface area (Å²) in [4.78, 5) is 0. The molecule has 0 spiro atoms. The Bertz CT molecular complexity index is 405. The number of ether oxygens (including phenoxy) is 2. The Labute approximate surface area is 127 Å². The molecule has 0 saturated carbocycles. The van der Waals surface area contributed by atoms with Gasteiger partial charge in [-0.2, -0.15) is 0 Å². The van der Waals surface area contributed by atoms with Crippen LogP contribution in [0.15, 0.2) is 24.3 Å². The van der Waals surface area contributed by atoms with Crippen LogP contribution in [0.1, 0.15) is 31.7 Å². The highest BCUT2D eigenvalue weighted by Crippen LogP contribution is 2.15. The van der Waals surface area contributed by atoms with E-state index < -0.39 is 6.10 Å². The molecule has 0 aromatic heterocycles. The minimum absolute atomic E-state index is 0.320. The van der Waals surface area contributed by atoms with E-state index in [9.17, 15) is 5.11 Å². The molecule has 0 amide bonds. The monoisotopic (exact) mass is 293 g/mol. The zero-order valence-electron chi connectivity index (χ0n) is 12.9. The van der Waals surface area contributed by atoms with Gasteiger partial charge in [-0.15, -0.1) is 0 Å². The summed E-state index contributed by atoms with van der Waals surface area (Å²) in [6, 6.07) is 8.02. The van der Waals surface area contributed by atoms with Crippen molar-refractivity contribution in [1.29, 1.82) is 0 Å². The summed E-state index contributed by atoms with van der Waals surface area (Å²) in [6.45, 7) is 4.78. The number of nitrogens with one attached hydrogen (secondary N) is 1. The molecule has 0 bridgehead atoms. The predicted octanol–water partition coefficient (Wildman–Crippen LogP) is 2.15. The van der Waals surface area contributed by atoms with Gasteiger partial charge in [-0.1, -0.05) is 19.1 Å². The van der Waals surface area contributed by atoms with Gasteiger partial charge >= 0.3 is 0 Å². The Kier molecular flexibility index (Phi) is 7.00. The lowest BCUT2D eigenvalue weighted by atomic mass is 10.2. The topological polar surface area (TPSA) is 50.7 Å². The van der Waals surface area contributed by atoms with Crippen molar-refractivity contribution in [1.82, 2.24) is 5.32 Å². The van der Waals surface area contributed by atoms with Crippen molar-refractivity contribution >= 4 is 0 Å². The zero-order valence-corrected chi connectivity index (χ0v) is 12.9. The van der Waals surface area contributed by atoms with Gasteiger partial charge in [-0.05, 0) is 49.9 Å². The molecule has 2 atom stereocenters. The fourth-order valence-corrected chi connectivity index (χ4v) is 2.51. The fraction of sp³-hybridized carbons (Fsp3) is 0.647. The molecule has 1 heterocycles. The van der Waals surface area contributed by atoms with Crippen molar-refractivity contribution in [3.63, 3.8) is 0 Å². The number of hydrogen-bond donors (Lipinski definition) is 2. The van der Waals surface area contributed by atoms with Crippen molar-refractivity contribution in [2.75, 3.05) is 26.3 Å². The molecule has 4 heteroatoms. The number of aliphatic hydroxyl groups is 1. The molecule has 1 aliphatic rings. The van der Waals surface area contributed by atoms with Gasteiger partial charge in [0, 0.05) is 13.2 Å². The summed E-state index contributed by atoms with van der Waals surface area (Å²) in [5.74, 6) is 0.827. The summed E-state index contributed by atoms with van der Waals surface area (Å²) in [5.41, 5.74) is 1.25. The summed E-state index contributed by atoms with van der Waals surface area (Å²) in [5, 5.41) is 13.2. The maximum Gasteiger partial charge on any atom is 0.119 e. The number of aliphatic hydroxyl groups excluding tert-OH is 1. The molecule has 2 N–H and O–H groups in total. The number of rotatable bonds is 9. The highest BCUT2D eigenvalue weighted by atomic mass is 16.5. The number of aryl methyl sites for hydroxylation is 1. The molecule has 118 valence electrons. The highest BCUT2D eigenvalue weighted by molar-refractivity contribution is 5.28. The van der Waals surface area contributed by atoms with Crippen molar-refractivity contribution in [3.8, 4) is 5.75 Å². The molecule has 0 radical (unpaired) electrons. The van der Waals surface area contributed by atoms with Gasteiger partial charge in [0.2, 0.25) is 0 Å². The second-order valence-electron chi connectivity index (χ2n) is 5.59. The Morgan fingerprint density at radius 3 is 3.14 bits per heavy atom. The SMILES string of the molecule is CCc1cccc(OCC(O)CNCCC2CCCO2)c1. The van der Waals surface area contributed by atoms with Gasteiger partial charge in [0.15, 0.2) is 0 Å². The molecule has 1 fully saturated rings. The maximum atomic E-state index is 9.91. The highest BCUT2D eigenvalue weighted by Gasteiger charge is 2.14. The van der Waals surface area contributed by atoms with E-state index in [1.807, 2.05) is 18.2 Å². The second-order valence-corrected chi connectivity index (χ2v) is 5.59. The van der Waals surface area contributed by atoms with Gasteiger partial charge in [0.25, 0.3) is 0 Å². The Hall–Kier alpha value is -1.10. The average molecular weight is 293 g/mol. The summed E-state index contributed by atoms with van der Waals surface area (Å²) in [6.07, 6.45) is 4.28. The van der Waals surface area contributed by atoms with Crippen molar-refractivity contribution in [3.05, 3.63) is 29.8 Å². The van der Waals surface area contributed by atoms with E-state index in [-0.39, 0.29) is 0 Å². The molecule has 0 aliphatic carbocycles. The second kappa shape index (κ2) is 9.03. The Balaban J connectivity index is 1.57. The molecule has 4 nitrogen and oxygen atoms in total. The largest absolute Gasteiger partial charge is 0.491 e. The Morgan fingerprint density at radius 1 is 1.48 bits per heavy atom. The van der Waals surface area contributed by atoms with Gasteiger partial charge < -0.3 is 19.9 Å². The molecule has 2 unspecified atom stereocenters. The summed E-state index contributed by atoms with van der Waals surface area (Å²) in [7, 11) is 0. The van der Waals surface area contributed by atoms with Crippen molar-refractivity contribution in [2.24, 2.45) is 0 Å². The summed E-state index contributed by atoms with van der Waals surface area (Å²) < 4.78 is 11.2. The normalized spacial score (nSPS) is 19.6. The van der Waals surface area contributed by atoms with Crippen LogP contribution < -0.4 is 10.1 Å². The molecular weight excluding hydrogens is 266 g/mol. The lowest BCUT2D eigenvalue weighted by Gasteiger charge is -2.15. The third-order valence-corrected chi connectivity index (χ3v) is 3.80. The third kappa shape index (κ3) is 6.04.